The van der Waals surface area contributed by atoms with Crippen LogP contribution in [-0.2, 0) is 0 Å². The molecular weight excluding hydrogens is 246 g/mol. The molecule has 2 fully saturated rings. The number of rotatable bonds is 6. The molecule has 0 aromatic carbocycles. The molecule has 1 saturated heterocycles. The van der Waals surface area contributed by atoms with Gasteiger partial charge < -0.3 is 10.2 Å². The number of nitrogens with zero attached hydrogens (tertiary/aromatic N) is 2. The smallest absolute Gasteiger partial charge is 0.0223 e. The van der Waals surface area contributed by atoms with Gasteiger partial charge in [-0.05, 0) is 58.3 Å². The molecule has 3 nitrogen and oxygen atoms in total. The van der Waals surface area contributed by atoms with Crippen LogP contribution in [0.25, 0.3) is 0 Å². The van der Waals surface area contributed by atoms with Crippen molar-refractivity contribution in [3.8, 4) is 0 Å². The lowest BCUT2D eigenvalue weighted by molar-refractivity contribution is 0.149. The van der Waals surface area contributed by atoms with Crippen LogP contribution in [0.15, 0.2) is 0 Å². The lowest BCUT2D eigenvalue weighted by atomic mass is 9.96. The number of nitrogens with one attached hydrogen (secondary N) is 1. The molecule has 2 unspecified atom stereocenters. The first-order valence-electron chi connectivity index (χ1n) is 8.90. The Morgan fingerprint density at radius 1 is 1.10 bits per heavy atom. The highest BCUT2D eigenvalue weighted by atomic mass is 15.2. The summed E-state index contributed by atoms with van der Waals surface area (Å²) in [6.07, 6.45) is 8.41. The van der Waals surface area contributed by atoms with Crippen molar-refractivity contribution in [1.82, 2.24) is 15.1 Å². The van der Waals surface area contributed by atoms with E-state index in [0.717, 1.165) is 24.5 Å². The van der Waals surface area contributed by atoms with Crippen molar-refractivity contribution in [2.45, 2.75) is 64.5 Å². The fraction of sp³-hybridized carbons (Fsp3) is 1.00. The van der Waals surface area contributed by atoms with Crippen LogP contribution in [-0.4, -0.2) is 61.7 Å². The van der Waals surface area contributed by atoms with Gasteiger partial charge in [0.1, 0.15) is 0 Å². The molecule has 0 bridgehead atoms. The highest BCUT2D eigenvalue weighted by Gasteiger charge is 2.29. The van der Waals surface area contributed by atoms with Crippen LogP contribution in [0, 0.1) is 5.92 Å². The lowest BCUT2D eigenvalue weighted by Gasteiger charge is -2.35. The zero-order chi connectivity index (χ0) is 14.4. The Balaban J connectivity index is 1.95. The molecule has 1 saturated carbocycles. The SMILES string of the molecule is CCNC(CN1CCCN(C)CC1CC)C1CCCC1. The minimum atomic E-state index is 0.722. The van der Waals surface area contributed by atoms with E-state index in [1.54, 1.807) is 0 Å². The fourth-order valence-corrected chi connectivity index (χ4v) is 4.18. The highest BCUT2D eigenvalue weighted by molar-refractivity contribution is 4.86. The topological polar surface area (TPSA) is 18.5 Å². The van der Waals surface area contributed by atoms with Crippen LogP contribution in [0.4, 0.5) is 0 Å². The van der Waals surface area contributed by atoms with E-state index in [2.05, 4.69) is 36.0 Å². The van der Waals surface area contributed by atoms with Gasteiger partial charge in [0, 0.05) is 25.2 Å². The van der Waals surface area contributed by atoms with Gasteiger partial charge in [-0.15, -0.1) is 0 Å². The average Bonchev–Trinajstić information content (AvgIpc) is 2.91. The Morgan fingerprint density at radius 2 is 1.85 bits per heavy atom. The maximum Gasteiger partial charge on any atom is 0.0223 e. The number of likely N-dealkylation sites (N-methyl/N-ethyl adjacent to an activating group) is 2. The minimum Gasteiger partial charge on any atom is -0.313 e. The van der Waals surface area contributed by atoms with Crippen molar-refractivity contribution >= 4 is 0 Å². The van der Waals surface area contributed by atoms with Gasteiger partial charge in [-0.2, -0.15) is 0 Å². The summed E-state index contributed by atoms with van der Waals surface area (Å²) in [5.74, 6) is 0.924. The largest absolute Gasteiger partial charge is 0.313 e. The third-order valence-corrected chi connectivity index (χ3v) is 5.36. The zero-order valence-corrected chi connectivity index (χ0v) is 13.9. The summed E-state index contributed by atoms with van der Waals surface area (Å²) in [5.41, 5.74) is 0. The van der Waals surface area contributed by atoms with Crippen molar-refractivity contribution in [3.05, 3.63) is 0 Å². The summed E-state index contributed by atoms with van der Waals surface area (Å²) < 4.78 is 0. The minimum absolute atomic E-state index is 0.722. The third-order valence-electron chi connectivity index (χ3n) is 5.36. The molecule has 118 valence electrons. The van der Waals surface area contributed by atoms with E-state index in [1.807, 2.05) is 0 Å². The van der Waals surface area contributed by atoms with Gasteiger partial charge >= 0.3 is 0 Å². The van der Waals surface area contributed by atoms with Crippen LogP contribution >= 0.6 is 0 Å². The highest BCUT2D eigenvalue weighted by Crippen LogP contribution is 2.28. The summed E-state index contributed by atoms with van der Waals surface area (Å²) in [5, 5.41) is 3.79. The van der Waals surface area contributed by atoms with Gasteiger partial charge in [-0.25, -0.2) is 0 Å². The number of hydrogen-bond donors (Lipinski definition) is 1. The molecule has 0 radical (unpaired) electrons. The molecule has 1 N–H and O–H groups in total. The van der Waals surface area contributed by atoms with E-state index < -0.39 is 0 Å². The van der Waals surface area contributed by atoms with Gasteiger partial charge in [-0.1, -0.05) is 26.7 Å². The van der Waals surface area contributed by atoms with Crippen LogP contribution in [0.3, 0.4) is 0 Å². The molecule has 3 heteroatoms. The molecule has 0 amide bonds. The molecule has 0 aromatic rings. The number of hydrogen-bond acceptors (Lipinski definition) is 3. The van der Waals surface area contributed by atoms with E-state index in [1.165, 1.54) is 64.7 Å². The molecule has 20 heavy (non-hydrogen) atoms. The van der Waals surface area contributed by atoms with E-state index >= 15 is 0 Å². The summed E-state index contributed by atoms with van der Waals surface area (Å²) >= 11 is 0. The van der Waals surface area contributed by atoms with E-state index in [4.69, 9.17) is 0 Å². The molecule has 0 aromatic heterocycles. The molecule has 2 rings (SSSR count). The second-order valence-corrected chi connectivity index (χ2v) is 6.88. The lowest BCUT2D eigenvalue weighted by Crippen LogP contribution is -2.49. The monoisotopic (exact) mass is 281 g/mol. The van der Waals surface area contributed by atoms with Crippen molar-refractivity contribution in [1.29, 1.82) is 0 Å². The fourth-order valence-electron chi connectivity index (χ4n) is 4.18. The van der Waals surface area contributed by atoms with Gasteiger partial charge in [0.2, 0.25) is 0 Å². The van der Waals surface area contributed by atoms with E-state index in [9.17, 15) is 0 Å². The van der Waals surface area contributed by atoms with Crippen molar-refractivity contribution in [2.24, 2.45) is 5.92 Å². The molecule has 1 heterocycles. The van der Waals surface area contributed by atoms with E-state index in [-0.39, 0.29) is 0 Å². The quantitative estimate of drug-likeness (QED) is 0.807. The second kappa shape index (κ2) is 8.35. The third kappa shape index (κ3) is 4.44. The Hall–Kier alpha value is -0.120. The Labute approximate surface area is 126 Å². The van der Waals surface area contributed by atoms with Crippen molar-refractivity contribution in [3.63, 3.8) is 0 Å². The molecule has 0 spiro atoms. The predicted molar refractivity (Wildman–Crippen MR) is 87.2 cm³/mol. The van der Waals surface area contributed by atoms with Gasteiger partial charge in [0.05, 0.1) is 0 Å². The summed E-state index contributed by atoms with van der Waals surface area (Å²) in [7, 11) is 2.28. The Bertz CT molecular complexity index is 263. The maximum absolute atomic E-state index is 3.79. The molecule has 2 aliphatic rings. The van der Waals surface area contributed by atoms with Crippen molar-refractivity contribution < 1.29 is 0 Å². The molecule has 1 aliphatic heterocycles. The normalized spacial score (nSPS) is 28.6. The maximum atomic E-state index is 3.79. The summed E-state index contributed by atoms with van der Waals surface area (Å²) in [6, 6.07) is 1.48. The predicted octanol–water partition coefficient (Wildman–Crippen LogP) is 2.57. The van der Waals surface area contributed by atoms with Crippen LogP contribution in [0.1, 0.15) is 52.4 Å². The first-order valence-corrected chi connectivity index (χ1v) is 8.90. The van der Waals surface area contributed by atoms with Crippen LogP contribution in [0.5, 0.6) is 0 Å². The summed E-state index contributed by atoms with van der Waals surface area (Å²) in [4.78, 5) is 5.31. The van der Waals surface area contributed by atoms with Gasteiger partial charge in [-0.3, -0.25) is 4.90 Å². The molecule has 1 aliphatic carbocycles. The zero-order valence-electron chi connectivity index (χ0n) is 13.9. The van der Waals surface area contributed by atoms with E-state index in [0.29, 0.717) is 0 Å². The first-order chi connectivity index (χ1) is 9.74. The Morgan fingerprint density at radius 3 is 2.50 bits per heavy atom. The molecular formula is C17H35N3. The van der Waals surface area contributed by atoms with Crippen LogP contribution < -0.4 is 5.32 Å². The standard InChI is InChI=1S/C17H35N3/c1-4-16-13-19(3)11-8-12-20(16)14-17(18-5-2)15-9-6-7-10-15/h15-18H,4-14H2,1-3H3. The Kier molecular flexibility index (Phi) is 6.79. The van der Waals surface area contributed by atoms with Crippen LogP contribution in [0.2, 0.25) is 0 Å². The van der Waals surface area contributed by atoms with Crippen molar-refractivity contribution in [2.75, 3.05) is 39.8 Å². The summed E-state index contributed by atoms with van der Waals surface area (Å²) in [6.45, 7) is 10.8. The molecule has 2 atom stereocenters. The second-order valence-electron chi connectivity index (χ2n) is 6.88. The van der Waals surface area contributed by atoms with Gasteiger partial charge in [0.15, 0.2) is 0 Å². The first kappa shape index (κ1) is 16.3. The van der Waals surface area contributed by atoms with Gasteiger partial charge in [0.25, 0.3) is 0 Å². The average molecular weight is 281 g/mol.